The molecule has 13 heteroatoms. The zero-order valence-corrected chi connectivity index (χ0v) is 57.0. The van der Waals surface area contributed by atoms with Crippen LogP contribution in [0.4, 0.5) is 0 Å². The number of benzene rings is 13. The van der Waals surface area contributed by atoms with E-state index in [9.17, 15) is 9.13 Å². The van der Waals surface area contributed by atoms with Crippen LogP contribution in [-0.4, -0.2) is 34.6 Å². The van der Waals surface area contributed by atoms with Crippen LogP contribution in [0.15, 0.2) is 332 Å². The first-order chi connectivity index (χ1) is 46.8. The molecule has 0 unspecified atom stereocenters. The minimum atomic E-state index is -3.08. The zero-order chi connectivity index (χ0) is 64.8. The molecule has 0 aliphatic heterocycles. The first-order valence-electron chi connectivity index (χ1n) is 30.8. The van der Waals surface area contributed by atoms with Gasteiger partial charge in [-0.25, -0.2) is 15.0 Å². The van der Waals surface area contributed by atoms with Crippen molar-refractivity contribution in [2.45, 2.75) is 0 Å². The van der Waals surface area contributed by atoms with Crippen LogP contribution in [0.3, 0.4) is 0 Å². The summed E-state index contributed by atoms with van der Waals surface area (Å²) in [5.41, 5.74) is 13.4. The van der Waals surface area contributed by atoms with Crippen molar-refractivity contribution in [2.24, 2.45) is 0 Å². The van der Waals surface area contributed by atoms with Crippen molar-refractivity contribution in [2.75, 3.05) is 5.83 Å². The summed E-state index contributed by atoms with van der Waals surface area (Å²) in [6.07, 6.45) is 0. The van der Waals surface area contributed by atoms with Gasteiger partial charge in [-0.15, -0.1) is 0 Å². The highest BCUT2D eigenvalue weighted by Gasteiger charge is 2.31. The van der Waals surface area contributed by atoms with Gasteiger partial charge in [0, 0.05) is 58.1 Å². The summed E-state index contributed by atoms with van der Waals surface area (Å²) in [7, 11) is -4.50. The molecule has 0 aliphatic rings. The molecule has 458 valence electrons. The fraction of sp³-hybridized carbons (Fsp3) is 0.0122. The van der Waals surface area contributed by atoms with Crippen LogP contribution in [0.2, 0.25) is 5.02 Å². The lowest BCUT2D eigenvalue weighted by Gasteiger charge is -2.20. The van der Waals surface area contributed by atoms with Gasteiger partial charge in [0.1, 0.15) is 17.1 Å². The van der Waals surface area contributed by atoms with Crippen LogP contribution >= 0.6 is 58.4 Å². The van der Waals surface area contributed by atoms with Crippen molar-refractivity contribution in [1.29, 1.82) is 0 Å². The fourth-order valence-electron chi connectivity index (χ4n) is 12.5. The summed E-state index contributed by atoms with van der Waals surface area (Å²) in [4.78, 5) is 18.0. The lowest BCUT2D eigenvalue weighted by molar-refractivity contribution is 0.592. The number of para-hydroxylation sites is 4. The summed E-state index contributed by atoms with van der Waals surface area (Å²) in [6.45, 7) is 0. The van der Waals surface area contributed by atoms with E-state index in [2.05, 4.69) is 173 Å². The first-order valence-corrected chi connectivity index (χ1v) is 36.6. The minimum absolute atomic E-state index is 0.742. The second kappa shape index (κ2) is 27.8. The Hall–Kier alpha value is -10.2. The molecular formula is C82H58Br2ClN6O2P2+. The number of pyridine rings is 2. The molecule has 0 saturated carbocycles. The molecule has 0 spiro atoms. The number of halogens is 3. The molecule has 5 aromatic heterocycles. The van der Waals surface area contributed by atoms with E-state index in [1.54, 1.807) is 0 Å². The minimum Gasteiger partial charge on any atom is -0.338 e. The number of aromatic nitrogens is 6. The molecule has 13 aromatic carbocycles. The van der Waals surface area contributed by atoms with E-state index in [4.69, 9.17) is 26.6 Å². The number of fused-ring (bicyclic) bond motifs is 17. The summed E-state index contributed by atoms with van der Waals surface area (Å²) in [6, 6.07) is 109. The van der Waals surface area contributed by atoms with E-state index in [1.165, 1.54) is 32.4 Å². The van der Waals surface area contributed by atoms with Crippen LogP contribution in [0.25, 0.3) is 110 Å². The van der Waals surface area contributed by atoms with Crippen molar-refractivity contribution >= 4 is 173 Å². The van der Waals surface area contributed by atoms with Crippen LogP contribution in [0, 0.1) is 0 Å². The van der Waals surface area contributed by atoms with Gasteiger partial charge in [-0.1, -0.05) is 285 Å². The second-order valence-corrected chi connectivity index (χ2v) is 28.1. The molecule has 0 atom stereocenters. The molecule has 1 N–H and O–H groups in total. The quantitative estimate of drug-likeness (QED) is 0.0974. The van der Waals surface area contributed by atoms with E-state index in [1.807, 2.05) is 206 Å². The maximum absolute atomic E-state index is 15.0. The normalized spacial score (nSPS) is 11.2. The molecule has 95 heavy (non-hydrogen) atoms. The van der Waals surface area contributed by atoms with E-state index in [0.717, 1.165) is 114 Å². The highest BCUT2D eigenvalue weighted by molar-refractivity contribution is 9.10. The number of hydrogen-bond donors (Lipinski definition) is 1. The molecule has 0 amide bonds. The number of alkyl halides is 1. The largest absolute Gasteiger partial charge is 0.415 e. The maximum Gasteiger partial charge on any atom is 0.415 e. The van der Waals surface area contributed by atoms with E-state index >= 15 is 0 Å². The SMILES string of the molecule is Brc1ccc2nc3c4ccccc4c4ccccc4n3c2c1.CBr.Clc1ccccc1-c1ccccc1-c1nc2ccccc2[nH]1.O=P(c1ccccc1)(c1ccccc1)c1ccc2nc3c4ccccc4c4ccccc4n3c2c1.O=[P+](c1ccccc1)c1ccccc1. The predicted octanol–water partition coefficient (Wildman–Crippen LogP) is 21.0. The Balaban J connectivity index is 0.000000114. The van der Waals surface area contributed by atoms with Crippen molar-refractivity contribution < 1.29 is 9.13 Å². The van der Waals surface area contributed by atoms with Crippen molar-refractivity contribution in [3.8, 4) is 22.5 Å². The number of hydrogen-bond acceptors (Lipinski definition) is 5. The highest BCUT2D eigenvalue weighted by atomic mass is 79.9. The molecular weight excluding hydrogens is 1360 g/mol. The molecule has 5 heterocycles. The van der Waals surface area contributed by atoms with Gasteiger partial charge in [-0.3, -0.25) is 8.80 Å². The fourth-order valence-corrected chi connectivity index (χ4v) is 16.9. The van der Waals surface area contributed by atoms with Crippen molar-refractivity contribution in [1.82, 2.24) is 28.7 Å². The number of H-pyrrole nitrogens is 1. The lowest BCUT2D eigenvalue weighted by Crippen LogP contribution is -2.24. The third-order valence-electron chi connectivity index (χ3n) is 16.8. The number of aromatic amines is 1. The van der Waals surface area contributed by atoms with Gasteiger partial charge < -0.3 is 9.55 Å². The van der Waals surface area contributed by atoms with Gasteiger partial charge in [-0.2, -0.15) is 0 Å². The number of nitrogens with one attached hydrogen (secondary N) is 1. The van der Waals surface area contributed by atoms with Gasteiger partial charge in [0.2, 0.25) is 0 Å². The average Bonchev–Trinajstić information content (AvgIpc) is 1.64. The Morgan fingerprint density at radius 2 is 0.779 bits per heavy atom. The topological polar surface area (TPSA) is 97.4 Å². The Morgan fingerprint density at radius 3 is 1.31 bits per heavy atom. The zero-order valence-electron chi connectivity index (χ0n) is 51.3. The Kier molecular flexibility index (Phi) is 18.2. The third kappa shape index (κ3) is 12.2. The molecule has 0 aliphatic carbocycles. The summed E-state index contributed by atoms with van der Waals surface area (Å²) < 4.78 is 32.5. The van der Waals surface area contributed by atoms with Crippen LogP contribution in [0.1, 0.15) is 0 Å². The van der Waals surface area contributed by atoms with E-state index in [0.29, 0.717) is 0 Å². The Morgan fingerprint density at radius 1 is 0.368 bits per heavy atom. The first kappa shape index (κ1) is 62.3. The summed E-state index contributed by atoms with van der Waals surface area (Å²) >= 11 is 12.9. The van der Waals surface area contributed by atoms with Gasteiger partial charge in [-0.05, 0) is 113 Å². The molecule has 8 nitrogen and oxygen atoms in total. The summed E-state index contributed by atoms with van der Waals surface area (Å²) in [5.74, 6) is 2.67. The standard InChI is InChI=1S/C31H21N2OP.C19H11BrN2.C19H13ClN2.C12H10OP.CH3Br/c34-35(22-11-3-1-4-12-22,23-13-5-2-6-14-23)24-19-20-28-30(21-24)33-29-18-10-9-16-26(29)25-15-7-8-17-27(25)31(33)32-28;20-12-9-10-16-18(11-12)22-17-8-4-3-6-14(17)13-5-1-2-7-15(13)19(22)21-16;20-16-10-4-3-8-14(16)13-7-1-2-9-15(13)19-21-17-11-5-6-12-18(17)22-19;13-14(11-7-3-1-4-8-11)12-9-5-2-6-10-12;1-2/h1-21H;1-11H;1-12H,(H,21,22);1-10H;1H3/q;;;+1;. The van der Waals surface area contributed by atoms with Gasteiger partial charge >= 0.3 is 7.80 Å². The van der Waals surface area contributed by atoms with Crippen LogP contribution in [-0.2, 0) is 9.13 Å². The third-order valence-corrected chi connectivity index (χ3v) is 22.2. The van der Waals surface area contributed by atoms with E-state index in [-0.39, 0.29) is 0 Å². The average molecular weight is 1420 g/mol. The molecule has 0 fully saturated rings. The summed E-state index contributed by atoms with van der Waals surface area (Å²) in [5, 5.41) is 12.1. The lowest BCUT2D eigenvalue weighted by atomic mass is 9.99. The number of imidazole rings is 3. The van der Waals surface area contributed by atoms with Gasteiger partial charge in [0.05, 0.1) is 44.1 Å². The monoisotopic (exact) mass is 1410 g/mol. The van der Waals surface area contributed by atoms with Crippen LogP contribution in [0.5, 0.6) is 0 Å². The van der Waals surface area contributed by atoms with Crippen molar-refractivity contribution in [3.05, 3.63) is 337 Å². The highest BCUT2D eigenvalue weighted by Crippen LogP contribution is 2.44. The van der Waals surface area contributed by atoms with Gasteiger partial charge in [0.15, 0.2) is 17.8 Å². The molecule has 0 bridgehead atoms. The van der Waals surface area contributed by atoms with Crippen LogP contribution < -0.4 is 26.5 Å². The van der Waals surface area contributed by atoms with Gasteiger partial charge in [0.25, 0.3) is 0 Å². The van der Waals surface area contributed by atoms with Crippen molar-refractivity contribution in [3.63, 3.8) is 0 Å². The number of nitrogens with zero attached hydrogens (tertiary/aromatic N) is 5. The maximum atomic E-state index is 15.0. The molecule has 18 aromatic rings. The Labute approximate surface area is 571 Å². The second-order valence-electron chi connectivity index (χ2n) is 22.3. The smallest absolute Gasteiger partial charge is 0.338 e. The molecule has 0 radical (unpaired) electrons. The predicted molar refractivity (Wildman–Crippen MR) is 409 cm³/mol. The van der Waals surface area contributed by atoms with E-state index < -0.39 is 14.9 Å². The molecule has 18 rings (SSSR count). The number of rotatable bonds is 7. The molecule has 0 saturated heterocycles. The Bertz CT molecular complexity index is 5750.